The van der Waals surface area contributed by atoms with Gasteiger partial charge in [-0.2, -0.15) is 0 Å². The van der Waals surface area contributed by atoms with Gasteiger partial charge in [0.15, 0.2) is 0 Å². The van der Waals surface area contributed by atoms with Crippen LogP contribution in [0.1, 0.15) is 107 Å². The van der Waals surface area contributed by atoms with Crippen molar-refractivity contribution in [2.24, 2.45) is 0 Å². The summed E-state index contributed by atoms with van der Waals surface area (Å²) >= 11 is 1.91. The van der Waals surface area contributed by atoms with E-state index in [4.69, 9.17) is 0 Å². The maximum atomic E-state index is 12.2. The molecule has 0 aliphatic heterocycles. The summed E-state index contributed by atoms with van der Waals surface area (Å²) in [5.74, 6) is 1.04. The van der Waals surface area contributed by atoms with Crippen LogP contribution in [0.25, 0.3) is 0 Å². The molecular weight excluding hydrogens is 412 g/mol. The van der Waals surface area contributed by atoms with Crippen molar-refractivity contribution in [1.82, 2.24) is 4.98 Å². The monoisotopic (exact) mass is 454 g/mol. The first-order valence-corrected chi connectivity index (χ1v) is 13.7. The molecule has 176 valence electrons. The second kappa shape index (κ2) is 17.7. The average Bonchev–Trinajstić information content (AvgIpc) is 2.83. The highest BCUT2D eigenvalue weighted by Gasteiger charge is 2.05. The van der Waals surface area contributed by atoms with Crippen LogP contribution in [-0.2, 0) is 0 Å². The third kappa shape index (κ3) is 12.3. The van der Waals surface area contributed by atoms with Crippen LogP contribution in [0.3, 0.4) is 0 Å². The van der Waals surface area contributed by atoms with Gasteiger partial charge in [-0.1, -0.05) is 90.4 Å². The van der Waals surface area contributed by atoms with E-state index in [2.05, 4.69) is 29.4 Å². The summed E-state index contributed by atoms with van der Waals surface area (Å²) in [4.78, 5) is 17.4. The fourth-order valence-corrected chi connectivity index (χ4v) is 4.73. The molecule has 1 aromatic heterocycles. The first-order valence-electron chi connectivity index (χ1n) is 12.7. The number of anilines is 1. The quantitative estimate of drug-likeness (QED) is 0.180. The minimum absolute atomic E-state index is 0.124. The van der Waals surface area contributed by atoms with E-state index < -0.39 is 0 Å². The van der Waals surface area contributed by atoms with Gasteiger partial charge in [0.05, 0.1) is 5.56 Å². The third-order valence-corrected chi connectivity index (χ3v) is 6.90. The van der Waals surface area contributed by atoms with Gasteiger partial charge in [-0.15, -0.1) is 11.8 Å². The van der Waals surface area contributed by atoms with Crippen molar-refractivity contribution in [2.45, 2.75) is 102 Å². The van der Waals surface area contributed by atoms with Gasteiger partial charge in [-0.05, 0) is 48.6 Å². The molecular formula is C28H42N2OS. The average molecular weight is 455 g/mol. The summed E-state index contributed by atoms with van der Waals surface area (Å²) in [5.41, 5.74) is 1.39. The van der Waals surface area contributed by atoms with Crippen LogP contribution in [0.4, 0.5) is 5.69 Å². The molecule has 32 heavy (non-hydrogen) atoms. The molecule has 4 heteroatoms. The number of amides is 1. The normalized spacial score (nSPS) is 10.9. The van der Waals surface area contributed by atoms with Crippen molar-refractivity contribution in [3.05, 3.63) is 54.4 Å². The zero-order valence-corrected chi connectivity index (χ0v) is 20.8. The SMILES string of the molecule is CCCCCCCCCCCCCCCCSc1ccc(NC(=O)c2cccnc2)cc1. The summed E-state index contributed by atoms with van der Waals surface area (Å²) in [6.07, 6.45) is 22.9. The Balaban J connectivity index is 1.42. The highest BCUT2D eigenvalue weighted by molar-refractivity contribution is 7.99. The molecule has 1 amide bonds. The number of unbranched alkanes of at least 4 members (excludes halogenated alkanes) is 13. The summed E-state index contributed by atoms with van der Waals surface area (Å²) in [6.45, 7) is 2.28. The number of hydrogen-bond acceptors (Lipinski definition) is 3. The number of benzene rings is 1. The van der Waals surface area contributed by atoms with Crippen molar-refractivity contribution < 1.29 is 4.79 Å². The second-order valence-electron chi connectivity index (χ2n) is 8.66. The Morgan fingerprint density at radius 2 is 1.34 bits per heavy atom. The van der Waals surface area contributed by atoms with Gasteiger partial charge in [0.2, 0.25) is 0 Å². The molecule has 0 aliphatic rings. The topological polar surface area (TPSA) is 42.0 Å². The smallest absolute Gasteiger partial charge is 0.257 e. The summed E-state index contributed by atoms with van der Waals surface area (Å²) < 4.78 is 0. The van der Waals surface area contributed by atoms with Crippen LogP contribution < -0.4 is 5.32 Å². The lowest BCUT2D eigenvalue weighted by atomic mass is 10.0. The molecule has 1 aromatic carbocycles. The molecule has 1 heterocycles. The number of carbonyl (C=O) groups is 1. The molecule has 0 atom stereocenters. The Hall–Kier alpha value is -1.81. The third-order valence-electron chi connectivity index (χ3n) is 5.80. The van der Waals surface area contributed by atoms with E-state index in [0.29, 0.717) is 5.56 Å². The number of carbonyl (C=O) groups excluding carboxylic acids is 1. The molecule has 0 bridgehead atoms. The molecule has 2 aromatic rings. The Kier molecular flexibility index (Phi) is 14.6. The number of thioether (sulfide) groups is 1. The van der Waals surface area contributed by atoms with Crippen LogP contribution in [0.2, 0.25) is 0 Å². The van der Waals surface area contributed by atoms with E-state index in [1.807, 2.05) is 23.9 Å². The maximum Gasteiger partial charge on any atom is 0.257 e. The Labute approximate surface area is 200 Å². The minimum atomic E-state index is -0.124. The largest absolute Gasteiger partial charge is 0.322 e. The molecule has 1 N–H and O–H groups in total. The molecule has 3 nitrogen and oxygen atoms in total. The summed E-state index contributed by atoms with van der Waals surface area (Å²) in [7, 11) is 0. The minimum Gasteiger partial charge on any atom is -0.322 e. The van der Waals surface area contributed by atoms with Gasteiger partial charge in [0.1, 0.15) is 0 Å². The van der Waals surface area contributed by atoms with Crippen molar-refractivity contribution >= 4 is 23.4 Å². The van der Waals surface area contributed by atoms with E-state index in [1.165, 1.54) is 101 Å². The lowest BCUT2D eigenvalue weighted by Crippen LogP contribution is -2.11. The fraction of sp³-hybridized carbons (Fsp3) is 0.571. The van der Waals surface area contributed by atoms with Crippen molar-refractivity contribution in [3.63, 3.8) is 0 Å². The predicted octanol–water partition coefficient (Wildman–Crippen LogP) is 8.91. The molecule has 0 spiro atoms. The molecule has 0 saturated carbocycles. The number of pyridine rings is 1. The highest BCUT2D eigenvalue weighted by atomic mass is 32.2. The van der Waals surface area contributed by atoms with Gasteiger partial charge in [0.25, 0.3) is 5.91 Å². The number of aromatic nitrogens is 1. The second-order valence-corrected chi connectivity index (χ2v) is 9.83. The number of rotatable bonds is 18. The maximum absolute atomic E-state index is 12.2. The highest BCUT2D eigenvalue weighted by Crippen LogP contribution is 2.22. The molecule has 0 fully saturated rings. The van der Waals surface area contributed by atoms with Crippen LogP contribution in [-0.4, -0.2) is 16.6 Å². The van der Waals surface area contributed by atoms with E-state index in [0.717, 1.165) is 5.69 Å². The van der Waals surface area contributed by atoms with Crippen LogP contribution in [0, 0.1) is 0 Å². The van der Waals surface area contributed by atoms with Crippen LogP contribution >= 0.6 is 11.8 Å². The standard InChI is InChI=1S/C28H42N2OS/c1-2-3-4-5-6-7-8-9-10-11-12-13-14-15-23-32-27-20-18-26(19-21-27)30-28(31)25-17-16-22-29-24-25/h16-22,24H,2-15,23H2,1H3,(H,30,31). The molecule has 0 radical (unpaired) electrons. The number of nitrogens with zero attached hydrogens (tertiary/aromatic N) is 1. The molecule has 2 rings (SSSR count). The predicted molar refractivity (Wildman–Crippen MR) is 140 cm³/mol. The van der Waals surface area contributed by atoms with E-state index in [1.54, 1.807) is 24.5 Å². The Morgan fingerprint density at radius 1 is 0.781 bits per heavy atom. The summed E-state index contributed by atoms with van der Waals surface area (Å²) in [5, 5.41) is 2.92. The van der Waals surface area contributed by atoms with Crippen LogP contribution in [0.15, 0.2) is 53.7 Å². The Morgan fingerprint density at radius 3 is 1.88 bits per heavy atom. The number of hydrogen-bond donors (Lipinski definition) is 1. The van der Waals surface area contributed by atoms with Crippen molar-refractivity contribution in [1.29, 1.82) is 0 Å². The van der Waals surface area contributed by atoms with Gasteiger partial charge in [-0.3, -0.25) is 9.78 Å². The van der Waals surface area contributed by atoms with Crippen molar-refractivity contribution in [3.8, 4) is 0 Å². The zero-order chi connectivity index (χ0) is 22.7. The van der Waals surface area contributed by atoms with E-state index in [9.17, 15) is 4.79 Å². The Bertz CT molecular complexity index is 718. The van der Waals surface area contributed by atoms with E-state index in [-0.39, 0.29) is 5.91 Å². The fourth-order valence-electron chi connectivity index (χ4n) is 3.82. The molecule has 0 aliphatic carbocycles. The lowest BCUT2D eigenvalue weighted by Gasteiger charge is -2.07. The van der Waals surface area contributed by atoms with Gasteiger partial charge in [-0.25, -0.2) is 0 Å². The van der Waals surface area contributed by atoms with Crippen molar-refractivity contribution in [2.75, 3.05) is 11.1 Å². The zero-order valence-electron chi connectivity index (χ0n) is 20.0. The van der Waals surface area contributed by atoms with Crippen LogP contribution in [0.5, 0.6) is 0 Å². The van der Waals surface area contributed by atoms with Gasteiger partial charge < -0.3 is 5.32 Å². The molecule has 0 saturated heterocycles. The van der Waals surface area contributed by atoms with E-state index >= 15 is 0 Å². The first kappa shape index (κ1) is 26.4. The van der Waals surface area contributed by atoms with Gasteiger partial charge in [0, 0.05) is 23.0 Å². The lowest BCUT2D eigenvalue weighted by molar-refractivity contribution is 0.102. The first-order chi connectivity index (χ1) is 15.8. The molecule has 0 unspecified atom stereocenters. The number of nitrogens with one attached hydrogen (secondary N) is 1. The van der Waals surface area contributed by atoms with Gasteiger partial charge >= 0.3 is 0 Å². The summed E-state index contributed by atoms with van der Waals surface area (Å²) in [6, 6.07) is 11.7.